The van der Waals surface area contributed by atoms with E-state index in [0.717, 1.165) is 28.6 Å². The molecule has 6 heteroatoms. The standard InChI is InChI=1S/C16H18ClN3OS/c1-12(19-7-6-18-11-19)16(21)20-8-9-22-10-15(20)13-2-4-14(17)5-3-13/h2-7,11-12,15H,8-10H2,1H3/t12-,15+/m1/s1. The quantitative estimate of drug-likeness (QED) is 0.862. The van der Waals surface area contributed by atoms with Gasteiger partial charge in [0, 0.05) is 35.5 Å². The van der Waals surface area contributed by atoms with E-state index < -0.39 is 0 Å². The maximum Gasteiger partial charge on any atom is 0.245 e. The number of benzene rings is 1. The molecule has 0 radical (unpaired) electrons. The number of carbonyl (C=O) groups is 1. The molecule has 1 aliphatic rings. The molecule has 3 rings (SSSR count). The van der Waals surface area contributed by atoms with Gasteiger partial charge in [0.25, 0.3) is 0 Å². The van der Waals surface area contributed by atoms with Gasteiger partial charge in [0.05, 0.1) is 12.4 Å². The van der Waals surface area contributed by atoms with Gasteiger partial charge in [-0.3, -0.25) is 4.79 Å². The molecule has 1 amide bonds. The van der Waals surface area contributed by atoms with Gasteiger partial charge in [-0.2, -0.15) is 11.8 Å². The summed E-state index contributed by atoms with van der Waals surface area (Å²) in [7, 11) is 0. The topological polar surface area (TPSA) is 38.1 Å². The summed E-state index contributed by atoms with van der Waals surface area (Å²) >= 11 is 7.86. The van der Waals surface area contributed by atoms with Gasteiger partial charge >= 0.3 is 0 Å². The SMILES string of the molecule is C[C@H](C(=O)N1CCSC[C@H]1c1ccc(Cl)cc1)n1ccnc1. The second-order valence-corrected chi connectivity index (χ2v) is 6.95. The number of hydrogen-bond donors (Lipinski definition) is 0. The highest BCUT2D eigenvalue weighted by Gasteiger charge is 2.31. The molecule has 116 valence electrons. The fourth-order valence-corrected chi connectivity index (χ4v) is 3.91. The van der Waals surface area contributed by atoms with Crippen molar-refractivity contribution in [2.75, 3.05) is 18.1 Å². The van der Waals surface area contributed by atoms with Crippen molar-refractivity contribution in [3.63, 3.8) is 0 Å². The van der Waals surface area contributed by atoms with E-state index in [1.807, 2.05) is 58.6 Å². The zero-order valence-corrected chi connectivity index (χ0v) is 13.9. The fourth-order valence-electron chi connectivity index (χ4n) is 2.69. The molecule has 0 bridgehead atoms. The van der Waals surface area contributed by atoms with Gasteiger partial charge in [0.2, 0.25) is 5.91 Å². The summed E-state index contributed by atoms with van der Waals surface area (Å²) in [6.07, 6.45) is 5.23. The lowest BCUT2D eigenvalue weighted by atomic mass is 10.1. The first-order valence-electron chi connectivity index (χ1n) is 7.28. The van der Waals surface area contributed by atoms with Gasteiger partial charge < -0.3 is 9.47 Å². The third-order valence-electron chi connectivity index (χ3n) is 4.00. The third-order valence-corrected chi connectivity index (χ3v) is 5.27. The van der Waals surface area contributed by atoms with E-state index >= 15 is 0 Å². The Morgan fingerprint density at radius 1 is 1.41 bits per heavy atom. The summed E-state index contributed by atoms with van der Waals surface area (Å²) in [5, 5.41) is 0.719. The zero-order chi connectivity index (χ0) is 15.5. The van der Waals surface area contributed by atoms with Gasteiger partial charge in [-0.1, -0.05) is 23.7 Å². The van der Waals surface area contributed by atoms with Crippen LogP contribution in [0.4, 0.5) is 0 Å². The molecule has 2 aromatic rings. The number of imidazole rings is 1. The van der Waals surface area contributed by atoms with Crippen LogP contribution >= 0.6 is 23.4 Å². The minimum Gasteiger partial charge on any atom is -0.332 e. The molecule has 0 spiro atoms. The van der Waals surface area contributed by atoms with Crippen LogP contribution in [-0.2, 0) is 4.79 Å². The highest BCUT2D eigenvalue weighted by molar-refractivity contribution is 7.99. The second-order valence-electron chi connectivity index (χ2n) is 5.36. The Hall–Kier alpha value is -1.46. The van der Waals surface area contributed by atoms with E-state index in [-0.39, 0.29) is 18.0 Å². The molecule has 0 N–H and O–H groups in total. The number of halogens is 1. The molecule has 0 unspecified atom stereocenters. The first kappa shape index (κ1) is 15.4. The Kier molecular flexibility index (Phi) is 4.74. The summed E-state index contributed by atoms with van der Waals surface area (Å²) < 4.78 is 1.85. The van der Waals surface area contributed by atoms with Crippen LogP contribution in [0, 0.1) is 0 Å². The van der Waals surface area contributed by atoms with Gasteiger partial charge in [0.15, 0.2) is 0 Å². The second kappa shape index (κ2) is 6.75. The van der Waals surface area contributed by atoms with Crippen LogP contribution < -0.4 is 0 Å². The highest BCUT2D eigenvalue weighted by atomic mass is 35.5. The van der Waals surface area contributed by atoms with Crippen LogP contribution in [0.5, 0.6) is 0 Å². The van der Waals surface area contributed by atoms with Crippen molar-refractivity contribution < 1.29 is 4.79 Å². The number of hydrogen-bond acceptors (Lipinski definition) is 3. The predicted molar refractivity (Wildman–Crippen MR) is 90.2 cm³/mol. The molecule has 4 nitrogen and oxygen atoms in total. The van der Waals surface area contributed by atoms with E-state index in [2.05, 4.69) is 4.98 Å². The molecule has 1 aliphatic heterocycles. The van der Waals surface area contributed by atoms with E-state index in [1.165, 1.54) is 0 Å². The Bertz CT molecular complexity index is 629. The first-order valence-corrected chi connectivity index (χ1v) is 8.81. The lowest BCUT2D eigenvalue weighted by Crippen LogP contribution is -2.43. The lowest BCUT2D eigenvalue weighted by Gasteiger charge is -2.37. The average molecular weight is 336 g/mol. The third kappa shape index (κ3) is 3.15. The number of rotatable bonds is 3. The van der Waals surface area contributed by atoms with Crippen LogP contribution in [0.25, 0.3) is 0 Å². The van der Waals surface area contributed by atoms with Crippen LogP contribution in [0.3, 0.4) is 0 Å². The van der Waals surface area contributed by atoms with Crippen molar-refractivity contribution in [3.8, 4) is 0 Å². The van der Waals surface area contributed by atoms with Crippen LogP contribution in [-0.4, -0.2) is 38.4 Å². The van der Waals surface area contributed by atoms with Gasteiger partial charge in [0.1, 0.15) is 6.04 Å². The lowest BCUT2D eigenvalue weighted by molar-refractivity contribution is -0.136. The number of amides is 1. The number of thioether (sulfide) groups is 1. The Balaban J connectivity index is 1.83. The largest absolute Gasteiger partial charge is 0.332 e. The predicted octanol–water partition coefficient (Wildman–Crippen LogP) is 3.41. The van der Waals surface area contributed by atoms with E-state index in [9.17, 15) is 4.79 Å². The maximum atomic E-state index is 12.9. The fraction of sp³-hybridized carbons (Fsp3) is 0.375. The van der Waals surface area contributed by atoms with E-state index in [1.54, 1.807) is 12.5 Å². The van der Waals surface area contributed by atoms with Crippen molar-refractivity contribution in [3.05, 3.63) is 53.6 Å². The molecule has 2 atom stereocenters. The Morgan fingerprint density at radius 2 is 2.18 bits per heavy atom. The minimum atomic E-state index is -0.236. The van der Waals surface area contributed by atoms with E-state index in [4.69, 9.17) is 11.6 Å². The van der Waals surface area contributed by atoms with Gasteiger partial charge in [-0.15, -0.1) is 0 Å². The molecule has 0 aliphatic carbocycles. The van der Waals surface area contributed by atoms with Crippen LogP contribution in [0.1, 0.15) is 24.6 Å². The normalized spacial score (nSPS) is 19.9. The average Bonchev–Trinajstić information content (AvgIpc) is 3.09. The van der Waals surface area contributed by atoms with Crippen LogP contribution in [0.15, 0.2) is 43.0 Å². The smallest absolute Gasteiger partial charge is 0.245 e. The van der Waals surface area contributed by atoms with Crippen molar-refractivity contribution in [1.29, 1.82) is 0 Å². The number of nitrogens with zero attached hydrogens (tertiary/aromatic N) is 3. The molecule has 1 aromatic heterocycles. The van der Waals surface area contributed by atoms with Crippen molar-refractivity contribution in [2.24, 2.45) is 0 Å². The monoisotopic (exact) mass is 335 g/mol. The summed E-state index contributed by atoms with van der Waals surface area (Å²) in [5.74, 6) is 2.04. The minimum absolute atomic E-state index is 0.106. The van der Waals surface area contributed by atoms with E-state index in [0.29, 0.717) is 0 Å². The molecule has 2 heterocycles. The summed E-state index contributed by atoms with van der Waals surface area (Å²) in [4.78, 5) is 18.9. The van der Waals surface area contributed by atoms with Gasteiger partial charge in [-0.05, 0) is 24.6 Å². The summed E-state index contributed by atoms with van der Waals surface area (Å²) in [5.41, 5.74) is 1.14. The van der Waals surface area contributed by atoms with Crippen molar-refractivity contribution in [2.45, 2.75) is 19.0 Å². The molecule has 22 heavy (non-hydrogen) atoms. The first-order chi connectivity index (χ1) is 10.7. The molecule has 1 fully saturated rings. The summed E-state index contributed by atoms with van der Waals surface area (Å²) in [6, 6.07) is 7.67. The maximum absolute atomic E-state index is 12.9. The molecular formula is C16H18ClN3OS. The number of aromatic nitrogens is 2. The highest BCUT2D eigenvalue weighted by Crippen LogP contribution is 2.32. The molecule has 1 aromatic carbocycles. The van der Waals surface area contributed by atoms with Gasteiger partial charge in [-0.25, -0.2) is 4.98 Å². The molecular weight excluding hydrogens is 318 g/mol. The number of carbonyl (C=O) groups excluding carboxylic acids is 1. The van der Waals surface area contributed by atoms with Crippen molar-refractivity contribution >= 4 is 29.3 Å². The molecule has 0 saturated carbocycles. The Morgan fingerprint density at radius 3 is 2.86 bits per heavy atom. The molecule has 1 saturated heterocycles. The van der Waals surface area contributed by atoms with Crippen LogP contribution in [0.2, 0.25) is 5.02 Å². The van der Waals surface area contributed by atoms with Crippen molar-refractivity contribution in [1.82, 2.24) is 14.5 Å². The Labute approximate surface area is 139 Å². The summed E-state index contributed by atoms with van der Waals surface area (Å²) in [6.45, 7) is 2.69. The zero-order valence-electron chi connectivity index (χ0n) is 12.4.